The number of aryl methyl sites for hydroxylation is 1. The monoisotopic (exact) mass is 326 g/mol. The summed E-state index contributed by atoms with van der Waals surface area (Å²) in [6.45, 7) is 1.50. The Hall–Kier alpha value is -0.710. The minimum atomic E-state index is -3.83. The van der Waals surface area contributed by atoms with Gasteiger partial charge in [-0.25, -0.2) is 16.8 Å². The number of hydrogen-bond acceptors (Lipinski definition) is 6. The molecule has 0 bridgehead atoms. The van der Waals surface area contributed by atoms with Gasteiger partial charge in [-0.1, -0.05) is 11.3 Å². The van der Waals surface area contributed by atoms with Crippen LogP contribution in [0.1, 0.15) is 12.1 Å². The van der Waals surface area contributed by atoms with Gasteiger partial charge in [-0.15, -0.1) is 0 Å². The third-order valence-electron chi connectivity index (χ3n) is 3.12. The fraction of sp³-hybridized carbons (Fsp3) is 0.667. The van der Waals surface area contributed by atoms with Gasteiger partial charge in [0.1, 0.15) is 0 Å². The maximum atomic E-state index is 12.3. The molecule has 1 N–H and O–H groups in total. The first-order valence-corrected chi connectivity index (χ1v) is 9.59. The molecule has 0 saturated carbocycles. The van der Waals surface area contributed by atoms with Gasteiger partial charge in [-0.05, 0) is 13.3 Å². The van der Waals surface area contributed by atoms with E-state index in [1.54, 1.807) is 0 Å². The number of H-pyrrole nitrogens is 1. The van der Waals surface area contributed by atoms with E-state index in [0.29, 0.717) is 11.3 Å². The van der Waals surface area contributed by atoms with Crippen LogP contribution in [0.15, 0.2) is 9.00 Å². The molecule has 10 heteroatoms. The number of nitrogens with one attached hydrogen (secondary N) is 1. The van der Waals surface area contributed by atoms with Crippen LogP contribution in [-0.4, -0.2) is 50.7 Å². The Morgan fingerprint density at radius 2 is 2.05 bits per heavy atom. The van der Waals surface area contributed by atoms with E-state index in [1.165, 1.54) is 14.0 Å². The average molecular weight is 326 g/mol. The second-order valence-corrected chi connectivity index (χ2v) is 9.91. The van der Waals surface area contributed by atoms with Crippen LogP contribution in [0, 0.1) is 6.92 Å². The van der Waals surface area contributed by atoms with Crippen molar-refractivity contribution in [1.82, 2.24) is 9.29 Å². The molecule has 0 aliphatic carbocycles. The molecule has 0 radical (unpaired) electrons. The van der Waals surface area contributed by atoms with E-state index in [1.807, 2.05) is 0 Å². The minimum Gasteiger partial charge on any atom is -0.315 e. The van der Waals surface area contributed by atoms with Gasteiger partial charge in [-0.2, -0.15) is 4.31 Å². The highest BCUT2D eigenvalue weighted by molar-refractivity contribution is 7.92. The van der Waals surface area contributed by atoms with E-state index in [-0.39, 0.29) is 27.8 Å². The normalized spacial score (nSPS) is 23.0. The predicted octanol–water partition coefficient (Wildman–Crippen LogP) is -0.448. The summed E-state index contributed by atoms with van der Waals surface area (Å²) in [5, 5.41) is 0. The minimum absolute atomic E-state index is 0.000119. The fourth-order valence-corrected chi connectivity index (χ4v) is 6.74. The van der Waals surface area contributed by atoms with Crippen molar-refractivity contribution in [1.29, 1.82) is 0 Å². The van der Waals surface area contributed by atoms with Crippen molar-refractivity contribution in [3.05, 3.63) is 15.4 Å². The van der Waals surface area contributed by atoms with E-state index >= 15 is 0 Å². The number of aromatic amines is 1. The van der Waals surface area contributed by atoms with Gasteiger partial charge in [0.2, 0.25) is 0 Å². The SMILES string of the molecule is Cc1[nH]c(=O)sc1S(=O)(=O)N(C)C1CCS(=O)(=O)C1. The zero-order valence-corrected chi connectivity index (χ0v) is 12.9. The van der Waals surface area contributed by atoms with Crippen molar-refractivity contribution in [2.75, 3.05) is 18.6 Å². The van der Waals surface area contributed by atoms with E-state index in [2.05, 4.69) is 4.98 Å². The summed E-state index contributed by atoms with van der Waals surface area (Å²) in [6.07, 6.45) is 0.288. The van der Waals surface area contributed by atoms with E-state index < -0.39 is 30.8 Å². The molecule has 0 amide bonds. The summed E-state index contributed by atoms with van der Waals surface area (Å²) in [5.41, 5.74) is 0.280. The lowest BCUT2D eigenvalue weighted by Crippen LogP contribution is -2.37. The molecular formula is C9H14N2O5S3. The van der Waals surface area contributed by atoms with Crippen LogP contribution in [0.3, 0.4) is 0 Å². The molecule has 19 heavy (non-hydrogen) atoms. The standard InChI is InChI=1S/C9H14N2O5S3/c1-6-8(17-9(12)10-6)19(15,16)11(2)7-3-4-18(13,14)5-7/h7H,3-5H2,1-2H3,(H,10,12). The highest BCUT2D eigenvalue weighted by atomic mass is 32.2. The van der Waals surface area contributed by atoms with Crippen LogP contribution < -0.4 is 4.87 Å². The van der Waals surface area contributed by atoms with E-state index in [9.17, 15) is 21.6 Å². The first kappa shape index (κ1) is 14.7. The van der Waals surface area contributed by atoms with Crippen LogP contribution in [0.25, 0.3) is 0 Å². The molecule has 1 unspecified atom stereocenters. The average Bonchev–Trinajstić information content (AvgIpc) is 2.80. The van der Waals surface area contributed by atoms with Crippen molar-refractivity contribution in [2.24, 2.45) is 0 Å². The van der Waals surface area contributed by atoms with Gasteiger partial charge < -0.3 is 4.98 Å². The number of nitrogens with zero attached hydrogens (tertiary/aromatic N) is 1. The maximum absolute atomic E-state index is 12.3. The van der Waals surface area contributed by atoms with Crippen LogP contribution in [-0.2, 0) is 19.9 Å². The number of aromatic nitrogens is 1. The number of sulfone groups is 1. The number of sulfonamides is 1. The molecule has 1 aromatic heterocycles. The predicted molar refractivity (Wildman–Crippen MR) is 71.7 cm³/mol. The van der Waals surface area contributed by atoms with Crippen LogP contribution >= 0.6 is 11.3 Å². The lowest BCUT2D eigenvalue weighted by Gasteiger charge is -2.21. The van der Waals surface area contributed by atoms with Gasteiger partial charge in [0.15, 0.2) is 14.0 Å². The van der Waals surface area contributed by atoms with E-state index in [4.69, 9.17) is 0 Å². The van der Waals surface area contributed by atoms with Crippen LogP contribution in [0.2, 0.25) is 0 Å². The molecule has 7 nitrogen and oxygen atoms in total. The van der Waals surface area contributed by atoms with Gasteiger partial charge in [-0.3, -0.25) is 4.79 Å². The van der Waals surface area contributed by atoms with Crippen LogP contribution in [0.4, 0.5) is 0 Å². The highest BCUT2D eigenvalue weighted by Crippen LogP contribution is 2.25. The second-order valence-electron chi connectivity index (χ2n) is 4.51. The van der Waals surface area contributed by atoms with Gasteiger partial charge >= 0.3 is 4.87 Å². The Morgan fingerprint density at radius 1 is 1.42 bits per heavy atom. The molecular weight excluding hydrogens is 312 g/mol. The summed E-state index contributed by atoms with van der Waals surface area (Å²) in [7, 11) is -5.63. The third-order valence-corrected chi connectivity index (χ3v) is 8.36. The zero-order valence-electron chi connectivity index (χ0n) is 10.4. The lowest BCUT2D eigenvalue weighted by atomic mass is 10.3. The Bertz CT molecular complexity index is 743. The molecule has 1 aliphatic heterocycles. The van der Waals surface area contributed by atoms with Crippen molar-refractivity contribution in [3.63, 3.8) is 0 Å². The van der Waals surface area contributed by atoms with Gasteiger partial charge in [0.25, 0.3) is 10.0 Å². The first-order chi connectivity index (χ1) is 8.63. The van der Waals surface area contributed by atoms with Crippen molar-refractivity contribution in [2.45, 2.75) is 23.6 Å². The Balaban J connectivity index is 2.36. The van der Waals surface area contributed by atoms with Crippen LogP contribution in [0.5, 0.6) is 0 Å². The smallest absolute Gasteiger partial charge is 0.305 e. The van der Waals surface area contributed by atoms with Gasteiger partial charge in [0.05, 0.1) is 11.5 Å². The molecule has 0 aromatic carbocycles. The highest BCUT2D eigenvalue weighted by Gasteiger charge is 2.37. The maximum Gasteiger partial charge on any atom is 0.305 e. The Labute approximate surface area is 115 Å². The van der Waals surface area contributed by atoms with Crippen molar-refractivity contribution in [3.8, 4) is 0 Å². The second kappa shape index (κ2) is 4.69. The Kier molecular flexibility index (Phi) is 3.62. The quantitative estimate of drug-likeness (QED) is 0.810. The molecule has 1 aliphatic rings. The lowest BCUT2D eigenvalue weighted by molar-refractivity contribution is 0.394. The van der Waals surface area contributed by atoms with Gasteiger partial charge in [0, 0.05) is 18.8 Å². The van der Waals surface area contributed by atoms with Crippen molar-refractivity contribution >= 4 is 31.2 Å². The molecule has 1 aromatic rings. The summed E-state index contributed by atoms with van der Waals surface area (Å²) < 4.78 is 48.5. The number of rotatable bonds is 3. The molecule has 2 heterocycles. The summed E-state index contributed by atoms with van der Waals surface area (Å²) in [6, 6.07) is -0.563. The molecule has 108 valence electrons. The first-order valence-electron chi connectivity index (χ1n) is 5.51. The fourth-order valence-electron chi connectivity index (χ4n) is 2.03. The molecule has 1 saturated heterocycles. The number of thiazole rings is 1. The topological polar surface area (TPSA) is 104 Å². The molecule has 2 rings (SSSR count). The molecule has 1 fully saturated rings. The summed E-state index contributed by atoms with van der Waals surface area (Å²) >= 11 is 0.618. The summed E-state index contributed by atoms with van der Waals surface area (Å²) in [5.74, 6) is -0.166. The molecule has 1 atom stereocenters. The zero-order chi connectivity index (χ0) is 14.4. The number of hydrogen-bond donors (Lipinski definition) is 1. The van der Waals surface area contributed by atoms with E-state index in [0.717, 1.165) is 4.31 Å². The summed E-state index contributed by atoms with van der Waals surface area (Å²) in [4.78, 5) is 13.2. The Morgan fingerprint density at radius 3 is 2.47 bits per heavy atom. The third kappa shape index (κ3) is 2.76. The largest absolute Gasteiger partial charge is 0.315 e. The van der Waals surface area contributed by atoms with Crippen molar-refractivity contribution < 1.29 is 16.8 Å². The molecule has 0 spiro atoms.